The highest BCUT2D eigenvalue weighted by Gasteiger charge is 2.11. The Bertz CT molecular complexity index is 698. The van der Waals surface area contributed by atoms with Crippen molar-refractivity contribution >= 4 is 33.4 Å². The molecular weight excluding hydrogens is 332 g/mol. The van der Waals surface area contributed by atoms with Crippen LogP contribution in [0.1, 0.15) is 26.3 Å². The normalized spacial score (nSPS) is 10.0. The molecular formula is C16H15BrN2O2. The summed E-state index contributed by atoms with van der Waals surface area (Å²) in [6.45, 7) is 1.88. The zero-order valence-corrected chi connectivity index (χ0v) is 13.3. The molecule has 2 amide bonds. The van der Waals surface area contributed by atoms with Gasteiger partial charge in [-0.05, 0) is 42.8 Å². The number of hydrogen-bond donors (Lipinski definition) is 2. The van der Waals surface area contributed by atoms with Gasteiger partial charge in [-0.25, -0.2) is 0 Å². The largest absolute Gasteiger partial charge is 0.355 e. The summed E-state index contributed by atoms with van der Waals surface area (Å²) in [5, 5.41) is 5.36. The highest BCUT2D eigenvalue weighted by atomic mass is 79.9. The molecule has 0 spiro atoms. The van der Waals surface area contributed by atoms with Crippen molar-refractivity contribution in [3.05, 3.63) is 63.6 Å². The van der Waals surface area contributed by atoms with E-state index in [2.05, 4.69) is 26.6 Å². The van der Waals surface area contributed by atoms with Crippen molar-refractivity contribution in [2.45, 2.75) is 6.92 Å². The van der Waals surface area contributed by atoms with Gasteiger partial charge in [0.25, 0.3) is 11.8 Å². The Kier molecular flexibility index (Phi) is 4.75. The predicted octanol–water partition coefficient (Wildman–Crippen LogP) is 3.37. The van der Waals surface area contributed by atoms with E-state index >= 15 is 0 Å². The predicted molar refractivity (Wildman–Crippen MR) is 86.7 cm³/mol. The van der Waals surface area contributed by atoms with E-state index in [0.717, 1.165) is 10.0 Å². The van der Waals surface area contributed by atoms with E-state index in [4.69, 9.17) is 0 Å². The molecule has 4 nitrogen and oxygen atoms in total. The molecule has 0 saturated heterocycles. The first-order chi connectivity index (χ1) is 10.0. The Hall–Kier alpha value is -2.14. The van der Waals surface area contributed by atoms with Gasteiger partial charge in [0.15, 0.2) is 0 Å². The number of carbonyl (C=O) groups is 2. The summed E-state index contributed by atoms with van der Waals surface area (Å²) >= 11 is 3.36. The minimum absolute atomic E-state index is 0.190. The summed E-state index contributed by atoms with van der Waals surface area (Å²) in [5.74, 6) is -0.396. The van der Waals surface area contributed by atoms with Crippen molar-refractivity contribution in [3.63, 3.8) is 0 Å². The fourth-order valence-corrected chi connectivity index (χ4v) is 2.28. The van der Waals surface area contributed by atoms with Gasteiger partial charge in [0, 0.05) is 28.3 Å². The number of rotatable bonds is 3. The van der Waals surface area contributed by atoms with Crippen molar-refractivity contribution in [2.24, 2.45) is 0 Å². The molecule has 0 fully saturated rings. The number of carbonyl (C=O) groups excluding carboxylic acids is 2. The van der Waals surface area contributed by atoms with Gasteiger partial charge in [0.2, 0.25) is 0 Å². The smallest absolute Gasteiger partial charge is 0.255 e. The molecule has 2 rings (SSSR count). The van der Waals surface area contributed by atoms with Crippen LogP contribution in [0.3, 0.4) is 0 Å². The van der Waals surface area contributed by atoms with E-state index in [-0.39, 0.29) is 11.8 Å². The first-order valence-corrected chi connectivity index (χ1v) is 7.20. The molecule has 0 aliphatic carbocycles. The van der Waals surface area contributed by atoms with Gasteiger partial charge in [0.1, 0.15) is 0 Å². The average molecular weight is 347 g/mol. The number of aryl methyl sites for hydroxylation is 1. The first kappa shape index (κ1) is 15.3. The maximum Gasteiger partial charge on any atom is 0.255 e. The second-order valence-corrected chi connectivity index (χ2v) is 5.49. The number of benzene rings is 2. The second-order valence-electron chi connectivity index (χ2n) is 4.57. The quantitative estimate of drug-likeness (QED) is 0.894. The number of halogens is 1. The number of amides is 2. The van der Waals surface area contributed by atoms with E-state index in [1.807, 2.05) is 19.1 Å². The van der Waals surface area contributed by atoms with Gasteiger partial charge in [-0.1, -0.05) is 28.1 Å². The standard InChI is InChI=1S/C16H15BrN2O2/c1-10-6-7-12(17)9-14(10)16(21)19-13-5-3-4-11(8-13)15(20)18-2/h3-9H,1-2H3,(H,18,20)(H,19,21). The van der Waals surface area contributed by atoms with Crippen LogP contribution in [0.2, 0.25) is 0 Å². The Balaban J connectivity index is 2.23. The molecule has 0 aromatic heterocycles. The van der Waals surface area contributed by atoms with Crippen molar-refractivity contribution in [2.75, 3.05) is 12.4 Å². The van der Waals surface area contributed by atoms with Gasteiger partial charge in [0.05, 0.1) is 0 Å². The molecule has 0 saturated carbocycles. The maximum atomic E-state index is 12.3. The molecule has 0 bridgehead atoms. The highest BCUT2D eigenvalue weighted by molar-refractivity contribution is 9.10. The molecule has 5 heteroatoms. The van der Waals surface area contributed by atoms with Gasteiger partial charge < -0.3 is 10.6 Å². The second kappa shape index (κ2) is 6.54. The van der Waals surface area contributed by atoms with Crippen LogP contribution in [0.25, 0.3) is 0 Å². The molecule has 2 N–H and O–H groups in total. The zero-order valence-electron chi connectivity index (χ0n) is 11.7. The molecule has 0 aliphatic rings. The van der Waals surface area contributed by atoms with E-state index in [1.165, 1.54) is 0 Å². The molecule has 0 unspecified atom stereocenters. The van der Waals surface area contributed by atoms with Crippen LogP contribution in [0.4, 0.5) is 5.69 Å². The van der Waals surface area contributed by atoms with Gasteiger partial charge in [-0.3, -0.25) is 9.59 Å². The topological polar surface area (TPSA) is 58.2 Å². The van der Waals surface area contributed by atoms with E-state index < -0.39 is 0 Å². The summed E-state index contributed by atoms with van der Waals surface area (Å²) < 4.78 is 0.845. The van der Waals surface area contributed by atoms with Crippen LogP contribution in [-0.2, 0) is 0 Å². The van der Waals surface area contributed by atoms with Crippen LogP contribution in [0.5, 0.6) is 0 Å². The summed E-state index contributed by atoms with van der Waals surface area (Å²) in [6.07, 6.45) is 0. The van der Waals surface area contributed by atoms with Gasteiger partial charge in [-0.15, -0.1) is 0 Å². The number of hydrogen-bond acceptors (Lipinski definition) is 2. The Morgan fingerprint density at radius 2 is 1.81 bits per heavy atom. The first-order valence-electron chi connectivity index (χ1n) is 6.41. The van der Waals surface area contributed by atoms with Crippen molar-refractivity contribution in [1.82, 2.24) is 5.32 Å². The van der Waals surface area contributed by atoms with E-state index in [9.17, 15) is 9.59 Å². The molecule has 0 radical (unpaired) electrons. The van der Waals surface area contributed by atoms with Crippen molar-refractivity contribution < 1.29 is 9.59 Å². The van der Waals surface area contributed by atoms with Crippen LogP contribution in [0, 0.1) is 6.92 Å². The summed E-state index contributed by atoms with van der Waals surface area (Å²) in [6, 6.07) is 12.3. The third kappa shape index (κ3) is 3.70. The SMILES string of the molecule is CNC(=O)c1cccc(NC(=O)c2cc(Br)ccc2C)c1. The number of nitrogens with one attached hydrogen (secondary N) is 2. The van der Waals surface area contributed by atoms with Gasteiger partial charge >= 0.3 is 0 Å². The number of anilines is 1. The van der Waals surface area contributed by atoms with Crippen LogP contribution < -0.4 is 10.6 Å². The summed E-state index contributed by atoms with van der Waals surface area (Å²) in [7, 11) is 1.57. The minimum atomic E-state index is -0.206. The fraction of sp³-hybridized carbons (Fsp3) is 0.125. The van der Waals surface area contributed by atoms with Crippen molar-refractivity contribution in [1.29, 1.82) is 0 Å². The lowest BCUT2D eigenvalue weighted by atomic mass is 10.1. The fourth-order valence-electron chi connectivity index (χ4n) is 1.92. The van der Waals surface area contributed by atoms with Crippen LogP contribution in [0.15, 0.2) is 46.9 Å². The third-order valence-corrected chi connectivity index (χ3v) is 3.55. The van der Waals surface area contributed by atoms with Gasteiger partial charge in [-0.2, -0.15) is 0 Å². The average Bonchev–Trinajstić information content (AvgIpc) is 2.49. The highest BCUT2D eigenvalue weighted by Crippen LogP contribution is 2.18. The Labute approximate surface area is 131 Å². The molecule has 108 valence electrons. The lowest BCUT2D eigenvalue weighted by molar-refractivity contribution is 0.0961. The zero-order chi connectivity index (χ0) is 15.4. The lowest BCUT2D eigenvalue weighted by Gasteiger charge is -2.09. The summed E-state index contributed by atoms with van der Waals surface area (Å²) in [4.78, 5) is 23.9. The van der Waals surface area contributed by atoms with E-state index in [1.54, 1.807) is 37.4 Å². The van der Waals surface area contributed by atoms with Crippen LogP contribution >= 0.6 is 15.9 Å². The molecule has 0 heterocycles. The lowest BCUT2D eigenvalue weighted by Crippen LogP contribution is -2.18. The summed E-state index contributed by atoms with van der Waals surface area (Å²) in [5.41, 5.74) is 2.56. The molecule has 21 heavy (non-hydrogen) atoms. The third-order valence-electron chi connectivity index (χ3n) is 3.05. The van der Waals surface area contributed by atoms with Crippen molar-refractivity contribution in [3.8, 4) is 0 Å². The monoisotopic (exact) mass is 346 g/mol. The maximum absolute atomic E-state index is 12.3. The minimum Gasteiger partial charge on any atom is -0.355 e. The Morgan fingerprint density at radius 3 is 2.52 bits per heavy atom. The molecule has 0 atom stereocenters. The molecule has 0 aliphatic heterocycles. The molecule has 2 aromatic rings. The van der Waals surface area contributed by atoms with Crippen LogP contribution in [-0.4, -0.2) is 18.9 Å². The van der Waals surface area contributed by atoms with E-state index in [0.29, 0.717) is 16.8 Å². The molecule has 2 aromatic carbocycles. The Morgan fingerprint density at radius 1 is 1.05 bits per heavy atom.